The van der Waals surface area contributed by atoms with Gasteiger partial charge in [-0.1, -0.05) is 30.3 Å². The van der Waals surface area contributed by atoms with Crippen LogP contribution in [0.5, 0.6) is 0 Å². The van der Waals surface area contributed by atoms with Gasteiger partial charge >= 0.3 is 0 Å². The highest BCUT2D eigenvalue weighted by atomic mass is 16.3. The van der Waals surface area contributed by atoms with E-state index in [-0.39, 0.29) is 12.0 Å². The quantitative estimate of drug-likeness (QED) is 0.755. The molecule has 0 radical (unpaired) electrons. The molecule has 3 heterocycles. The van der Waals surface area contributed by atoms with Crippen LogP contribution in [0, 0.1) is 12.3 Å². The molecule has 1 N–H and O–H groups in total. The van der Waals surface area contributed by atoms with Gasteiger partial charge in [0.15, 0.2) is 5.82 Å². The lowest BCUT2D eigenvalue weighted by molar-refractivity contribution is 0.0961. The van der Waals surface area contributed by atoms with Crippen molar-refractivity contribution in [2.24, 2.45) is 5.41 Å². The maximum absolute atomic E-state index is 10.1. The Balaban J connectivity index is 1.50. The highest BCUT2D eigenvalue weighted by Gasteiger charge is 2.34. The average Bonchev–Trinajstić information content (AvgIpc) is 3.24. The maximum atomic E-state index is 10.1. The largest absolute Gasteiger partial charge is 0.396 e. The summed E-state index contributed by atoms with van der Waals surface area (Å²) in [4.78, 5) is 11.4. The van der Waals surface area contributed by atoms with E-state index in [4.69, 9.17) is 0 Å². The third-order valence-electron chi connectivity index (χ3n) is 5.46. The second-order valence-corrected chi connectivity index (χ2v) is 7.39. The zero-order chi connectivity index (χ0) is 18.7. The number of aliphatic hydroxyl groups excluding tert-OH is 1. The zero-order valence-corrected chi connectivity index (χ0v) is 15.6. The molecule has 0 bridgehead atoms. The molecule has 0 atom stereocenters. The van der Waals surface area contributed by atoms with E-state index >= 15 is 0 Å². The van der Waals surface area contributed by atoms with E-state index in [9.17, 15) is 5.11 Å². The lowest BCUT2D eigenvalue weighted by Crippen LogP contribution is -2.43. The van der Waals surface area contributed by atoms with E-state index in [0.29, 0.717) is 0 Å². The Kier molecular flexibility index (Phi) is 4.90. The maximum Gasteiger partial charge on any atom is 0.159 e. The summed E-state index contributed by atoms with van der Waals surface area (Å²) in [5, 5.41) is 14.4. The molecular weight excluding hydrogens is 338 g/mol. The first-order chi connectivity index (χ1) is 13.2. The van der Waals surface area contributed by atoms with Gasteiger partial charge in [0.1, 0.15) is 11.6 Å². The molecule has 6 heteroatoms. The second-order valence-electron chi connectivity index (χ2n) is 7.39. The van der Waals surface area contributed by atoms with Crippen molar-refractivity contribution < 1.29 is 5.11 Å². The number of benzene rings is 1. The van der Waals surface area contributed by atoms with Crippen LogP contribution in [0.2, 0.25) is 0 Å². The van der Waals surface area contributed by atoms with Crippen LogP contribution in [0.4, 0.5) is 5.82 Å². The normalized spacial score (nSPS) is 16.4. The van der Waals surface area contributed by atoms with E-state index in [1.807, 2.05) is 31.3 Å². The highest BCUT2D eigenvalue weighted by Crippen LogP contribution is 2.36. The topological polar surface area (TPSA) is 67.1 Å². The minimum Gasteiger partial charge on any atom is -0.396 e. The van der Waals surface area contributed by atoms with Crippen molar-refractivity contribution in [2.45, 2.75) is 26.2 Å². The third kappa shape index (κ3) is 3.85. The number of hydrogen-bond donors (Lipinski definition) is 1. The molecule has 6 nitrogen and oxygen atoms in total. The van der Waals surface area contributed by atoms with Gasteiger partial charge in [-0.25, -0.2) is 14.6 Å². The van der Waals surface area contributed by atoms with E-state index in [2.05, 4.69) is 44.2 Å². The Morgan fingerprint density at radius 1 is 1.04 bits per heavy atom. The SMILES string of the molecule is Cc1nc(N2CCC(CO)(Cc3ccccc3)CC2)cc(-n2cccn2)n1. The van der Waals surface area contributed by atoms with Crippen LogP contribution in [0.15, 0.2) is 54.9 Å². The molecule has 0 spiro atoms. The van der Waals surface area contributed by atoms with Crippen LogP contribution in [0.1, 0.15) is 24.2 Å². The second kappa shape index (κ2) is 7.48. The summed E-state index contributed by atoms with van der Waals surface area (Å²) in [5.41, 5.74) is 1.24. The fourth-order valence-electron chi connectivity index (χ4n) is 3.85. The Morgan fingerprint density at radius 2 is 1.78 bits per heavy atom. The molecule has 140 valence electrons. The molecule has 1 aliphatic rings. The lowest BCUT2D eigenvalue weighted by Gasteiger charge is -2.41. The molecule has 0 saturated carbocycles. The number of nitrogens with zero attached hydrogens (tertiary/aromatic N) is 5. The fourth-order valence-corrected chi connectivity index (χ4v) is 3.85. The summed E-state index contributed by atoms with van der Waals surface area (Å²) in [6.07, 6.45) is 6.44. The first kappa shape index (κ1) is 17.7. The Labute approximate surface area is 159 Å². The highest BCUT2D eigenvalue weighted by molar-refractivity contribution is 5.44. The van der Waals surface area contributed by atoms with Crippen molar-refractivity contribution in [2.75, 3.05) is 24.6 Å². The molecule has 4 rings (SSSR count). The first-order valence-electron chi connectivity index (χ1n) is 9.43. The van der Waals surface area contributed by atoms with Crippen molar-refractivity contribution >= 4 is 5.82 Å². The van der Waals surface area contributed by atoms with E-state index in [1.54, 1.807) is 10.9 Å². The first-order valence-corrected chi connectivity index (χ1v) is 9.43. The van der Waals surface area contributed by atoms with Crippen LogP contribution in [0.25, 0.3) is 5.82 Å². The van der Waals surface area contributed by atoms with Gasteiger partial charge in [0.05, 0.1) is 0 Å². The molecule has 1 saturated heterocycles. The summed E-state index contributed by atoms with van der Waals surface area (Å²) in [5.74, 6) is 2.45. The predicted octanol–water partition coefficient (Wildman–Crippen LogP) is 2.79. The summed E-state index contributed by atoms with van der Waals surface area (Å²) in [7, 11) is 0. The summed E-state index contributed by atoms with van der Waals surface area (Å²) in [6.45, 7) is 3.88. The zero-order valence-electron chi connectivity index (χ0n) is 15.6. The van der Waals surface area contributed by atoms with Crippen molar-refractivity contribution in [1.82, 2.24) is 19.7 Å². The van der Waals surface area contributed by atoms with Crippen molar-refractivity contribution in [3.63, 3.8) is 0 Å². The minimum absolute atomic E-state index is 0.0509. The fraction of sp³-hybridized carbons (Fsp3) is 0.381. The van der Waals surface area contributed by atoms with Gasteiger partial charge in [-0.3, -0.25) is 0 Å². The monoisotopic (exact) mass is 363 g/mol. The molecule has 3 aromatic rings. The molecule has 0 amide bonds. The summed E-state index contributed by atoms with van der Waals surface area (Å²) in [6, 6.07) is 14.3. The lowest BCUT2D eigenvalue weighted by atomic mass is 9.74. The molecule has 27 heavy (non-hydrogen) atoms. The number of aliphatic hydroxyl groups is 1. The molecular formula is C21H25N5O. The van der Waals surface area contributed by atoms with Gasteiger partial charge in [-0.15, -0.1) is 0 Å². The van der Waals surface area contributed by atoms with E-state index in [0.717, 1.165) is 49.8 Å². The molecule has 1 fully saturated rings. The van der Waals surface area contributed by atoms with Crippen molar-refractivity contribution in [3.8, 4) is 5.82 Å². The van der Waals surface area contributed by atoms with Crippen LogP contribution in [0.3, 0.4) is 0 Å². The van der Waals surface area contributed by atoms with Gasteiger partial charge < -0.3 is 10.0 Å². The van der Waals surface area contributed by atoms with Crippen molar-refractivity contribution in [1.29, 1.82) is 0 Å². The minimum atomic E-state index is -0.0509. The number of hydrogen-bond acceptors (Lipinski definition) is 5. The Hall–Kier alpha value is -2.73. The molecule has 1 aromatic carbocycles. The van der Waals surface area contributed by atoms with Crippen LogP contribution in [-0.2, 0) is 6.42 Å². The van der Waals surface area contributed by atoms with Crippen LogP contribution in [-0.4, -0.2) is 44.6 Å². The molecule has 2 aromatic heterocycles. The number of rotatable bonds is 5. The Morgan fingerprint density at radius 3 is 2.44 bits per heavy atom. The van der Waals surface area contributed by atoms with Gasteiger partial charge in [0, 0.05) is 43.6 Å². The van der Waals surface area contributed by atoms with E-state index in [1.165, 1.54) is 5.56 Å². The third-order valence-corrected chi connectivity index (χ3v) is 5.46. The van der Waals surface area contributed by atoms with Crippen LogP contribution >= 0.6 is 0 Å². The van der Waals surface area contributed by atoms with Gasteiger partial charge in [0.25, 0.3) is 0 Å². The smallest absolute Gasteiger partial charge is 0.159 e. The van der Waals surface area contributed by atoms with Gasteiger partial charge in [-0.05, 0) is 37.8 Å². The summed E-state index contributed by atoms with van der Waals surface area (Å²) >= 11 is 0. The number of anilines is 1. The predicted molar refractivity (Wildman–Crippen MR) is 105 cm³/mol. The van der Waals surface area contributed by atoms with Gasteiger partial charge in [-0.2, -0.15) is 5.10 Å². The molecule has 1 aliphatic heterocycles. The number of aromatic nitrogens is 4. The standard InChI is InChI=1S/C21H25N5O/c1-17-23-19(14-20(24-17)26-11-5-10-22-26)25-12-8-21(16-27,9-13-25)15-18-6-3-2-4-7-18/h2-7,10-11,14,27H,8-9,12-13,15-16H2,1H3. The molecule has 0 unspecified atom stereocenters. The number of piperidine rings is 1. The van der Waals surface area contributed by atoms with Crippen molar-refractivity contribution in [3.05, 3.63) is 66.2 Å². The Bertz CT molecular complexity index is 871. The molecule has 0 aliphatic carbocycles. The number of aryl methyl sites for hydroxylation is 1. The average molecular weight is 363 g/mol. The van der Waals surface area contributed by atoms with E-state index < -0.39 is 0 Å². The van der Waals surface area contributed by atoms with Gasteiger partial charge in [0.2, 0.25) is 0 Å². The van der Waals surface area contributed by atoms with Crippen LogP contribution < -0.4 is 4.90 Å². The summed E-state index contributed by atoms with van der Waals surface area (Å²) < 4.78 is 1.76.